The van der Waals surface area contributed by atoms with Crippen LogP contribution in [0.25, 0.3) is 22.4 Å². The average Bonchev–Trinajstić information content (AvgIpc) is 3.17. The zero-order valence-electron chi connectivity index (χ0n) is 15.2. The van der Waals surface area contributed by atoms with Gasteiger partial charge in [0.05, 0.1) is 33.5 Å². The predicted octanol–water partition coefficient (Wildman–Crippen LogP) is 4.43. The van der Waals surface area contributed by atoms with Crippen LogP contribution < -0.4 is 18.9 Å². The minimum Gasteiger partial charge on any atom is -0.496 e. The maximum atomic E-state index is 5.52. The first-order valence-electron chi connectivity index (χ1n) is 8.19. The molecule has 3 rings (SSSR count). The van der Waals surface area contributed by atoms with Crippen LogP contribution in [0.3, 0.4) is 0 Å². The molecule has 0 fully saturated rings. The number of benzene rings is 2. The number of hydrogen-bond acceptors (Lipinski definition) is 6. The molecule has 6 heteroatoms. The zero-order valence-corrected chi connectivity index (χ0v) is 15.2. The third kappa shape index (κ3) is 3.31. The summed E-state index contributed by atoms with van der Waals surface area (Å²) in [6.07, 6.45) is 1.61. The molecule has 0 unspecified atom stereocenters. The molecule has 136 valence electrons. The highest BCUT2D eigenvalue weighted by atomic mass is 16.5. The summed E-state index contributed by atoms with van der Waals surface area (Å²) < 4.78 is 27.0. The summed E-state index contributed by atoms with van der Waals surface area (Å²) in [5.41, 5.74) is 3.22. The van der Waals surface area contributed by atoms with Crippen molar-refractivity contribution in [2.75, 3.05) is 27.9 Å². The van der Waals surface area contributed by atoms with Crippen LogP contribution in [0.4, 0.5) is 0 Å². The summed E-state index contributed by atoms with van der Waals surface area (Å²) in [6.45, 7) is 2.58. The summed E-state index contributed by atoms with van der Waals surface area (Å²) >= 11 is 0. The molecule has 6 nitrogen and oxygen atoms in total. The Hall–Kier alpha value is -3.15. The highest BCUT2D eigenvalue weighted by Gasteiger charge is 2.20. The maximum Gasteiger partial charge on any atom is 0.164 e. The monoisotopic (exact) mass is 355 g/mol. The van der Waals surface area contributed by atoms with Crippen molar-refractivity contribution < 1.29 is 23.5 Å². The van der Waals surface area contributed by atoms with Gasteiger partial charge in [-0.3, -0.25) is 0 Å². The fourth-order valence-electron chi connectivity index (χ4n) is 2.75. The van der Waals surface area contributed by atoms with Gasteiger partial charge in [-0.05, 0) is 30.7 Å². The average molecular weight is 355 g/mol. The van der Waals surface area contributed by atoms with Crippen LogP contribution >= 0.6 is 0 Å². The lowest BCUT2D eigenvalue weighted by Gasteiger charge is -2.13. The first-order valence-corrected chi connectivity index (χ1v) is 8.19. The van der Waals surface area contributed by atoms with E-state index in [1.807, 2.05) is 37.3 Å². The van der Waals surface area contributed by atoms with Crippen molar-refractivity contribution in [3.05, 3.63) is 42.7 Å². The van der Waals surface area contributed by atoms with Gasteiger partial charge >= 0.3 is 0 Å². The molecule has 0 bridgehead atoms. The normalized spacial score (nSPS) is 10.5. The summed E-state index contributed by atoms with van der Waals surface area (Å²) in [5.74, 6) is 2.60. The topological polar surface area (TPSA) is 63.0 Å². The molecule has 0 aliphatic heterocycles. The Kier molecular flexibility index (Phi) is 5.31. The Morgan fingerprint density at radius 1 is 0.846 bits per heavy atom. The number of nitrogens with zero attached hydrogens (tertiary/aromatic N) is 1. The fourth-order valence-corrected chi connectivity index (χ4v) is 2.75. The largest absolute Gasteiger partial charge is 0.496 e. The molecular weight excluding hydrogens is 334 g/mol. The number of hydrogen-bond donors (Lipinski definition) is 0. The van der Waals surface area contributed by atoms with E-state index >= 15 is 0 Å². The third-order valence-corrected chi connectivity index (χ3v) is 4.01. The van der Waals surface area contributed by atoms with E-state index in [2.05, 4.69) is 5.16 Å². The van der Waals surface area contributed by atoms with Gasteiger partial charge in [-0.25, -0.2) is 0 Å². The number of methoxy groups -OCH3 is 3. The highest BCUT2D eigenvalue weighted by molar-refractivity contribution is 5.84. The minimum absolute atomic E-state index is 0.583. The van der Waals surface area contributed by atoms with E-state index in [4.69, 9.17) is 23.5 Å². The van der Waals surface area contributed by atoms with Gasteiger partial charge in [0.15, 0.2) is 11.5 Å². The molecule has 0 aliphatic rings. The van der Waals surface area contributed by atoms with E-state index in [0.717, 1.165) is 22.4 Å². The number of aromatic nitrogens is 1. The van der Waals surface area contributed by atoms with Crippen LogP contribution in [-0.4, -0.2) is 33.1 Å². The second-order valence-corrected chi connectivity index (χ2v) is 5.44. The van der Waals surface area contributed by atoms with E-state index < -0.39 is 0 Å². The molecular formula is C20H21NO5. The van der Waals surface area contributed by atoms with Gasteiger partial charge in [0.2, 0.25) is 0 Å². The molecule has 26 heavy (non-hydrogen) atoms. The van der Waals surface area contributed by atoms with Crippen LogP contribution in [0, 0.1) is 0 Å². The molecule has 0 aliphatic carbocycles. The summed E-state index contributed by atoms with van der Waals surface area (Å²) in [6, 6.07) is 11.4. The maximum absolute atomic E-state index is 5.52. The summed E-state index contributed by atoms with van der Waals surface area (Å²) in [7, 11) is 4.77. The second kappa shape index (κ2) is 7.82. The van der Waals surface area contributed by atoms with E-state index in [1.54, 1.807) is 33.7 Å². The van der Waals surface area contributed by atoms with Crippen molar-refractivity contribution in [1.29, 1.82) is 0 Å². The molecule has 0 saturated heterocycles. The van der Waals surface area contributed by atoms with Gasteiger partial charge in [0, 0.05) is 11.6 Å². The SMILES string of the molecule is CCOc1ccc(-c2conc2-c2cc(OC)c(OC)cc2OC)cc1. The number of ether oxygens (including phenoxy) is 4. The standard InChI is InChI=1S/C20H21NO5/c1-5-25-14-8-6-13(7-9-14)16-12-26-21-20(16)15-10-18(23-3)19(24-4)11-17(15)22-2/h6-12H,5H2,1-4H3. The van der Waals surface area contributed by atoms with E-state index in [-0.39, 0.29) is 0 Å². The molecule has 1 heterocycles. The van der Waals surface area contributed by atoms with Crippen molar-refractivity contribution in [3.63, 3.8) is 0 Å². The summed E-state index contributed by atoms with van der Waals surface area (Å²) in [5, 5.41) is 4.18. The first kappa shape index (κ1) is 17.7. The van der Waals surface area contributed by atoms with E-state index in [0.29, 0.717) is 29.5 Å². The molecule has 2 aromatic carbocycles. The van der Waals surface area contributed by atoms with Crippen LogP contribution in [0.15, 0.2) is 47.2 Å². The third-order valence-electron chi connectivity index (χ3n) is 4.01. The highest BCUT2D eigenvalue weighted by Crippen LogP contribution is 2.42. The minimum atomic E-state index is 0.583. The molecule has 0 N–H and O–H groups in total. The van der Waals surface area contributed by atoms with Crippen LogP contribution in [0.5, 0.6) is 23.0 Å². The van der Waals surface area contributed by atoms with Gasteiger partial charge in [-0.2, -0.15) is 0 Å². The van der Waals surface area contributed by atoms with Crippen molar-refractivity contribution in [2.24, 2.45) is 0 Å². The summed E-state index contributed by atoms with van der Waals surface area (Å²) in [4.78, 5) is 0. The first-order chi connectivity index (χ1) is 12.7. The van der Waals surface area contributed by atoms with Gasteiger partial charge in [-0.1, -0.05) is 17.3 Å². The second-order valence-electron chi connectivity index (χ2n) is 5.44. The van der Waals surface area contributed by atoms with Crippen molar-refractivity contribution >= 4 is 0 Å². The Bertz CT molecular complexity index is 870. The van der Waals surface area contributed by atoms with Crippen LogP contribution in [0.2, 0.25) is 0 Å². The van der Waals surface area contributed by atoms with Gasteiger partial charge in [-0.15, -0.1) is 0 Å². The van der Waals surface area contributed by atoms with Gasteiger partial charge in [0.25, 0.3) is 0 Å². The smallest absolute Gasteiger partial charge is 0.164 e. The zero-order chi connectivity index (χ0) is 18.5. The lowest BCUT2D eigenvalue weighted by Crippen LogP contribution is -1.95. The van der Waals surface area contributed by atoms with Crippen molar-refractivity contribution in [3.8, 4) is 45.4 Å². The predicted molar refractivity (Wildman–Crippen MR) is 98.2 cm³/mol. The lowest BCUT2D eigenvalue weighted by molar-refractivity contribution is 0.340. The Morgan fingerprint density at radius 3 is 2.12 bits per heavy atom. The molecule has 0 spiro atoms. The molecule has 0 radical (unpaired) electrons. The van der Waals surface area contributed by atoms with Crippen LogP contribution in [-0.2, 0) is 0 Å². The van der Waals surface area contributed by atoms with Crippen LogP contribution in [0.1, 0.15) is 6.92 Å². The fraction of sp³-hybridized carbons (Fsp3) is 0.250. The number of rotatable bonds is 7. The van der Waals surface area contributed by atoms with Gasteiger partial charge < -0.3 is 23.5 Å². The van der Waals surface area contributed by atoms with Gasteiger partial charge in [0.1, 0.15) is 23.5 Å². The molecule has 0 amide bonds. The van der Waals surface area contributed by atoms with Crippen molar-refractivity contribution in [2.45, 2.75) is 6.92 Å². The molecule has 3 aromatic rings. The Labute approximate surface area is 152 Å². The quantitative estimate of drug-likeness (QED) is 0.625. The van der Waals surface area contributed by atoms with Crippen molar-refractivity contribution in [1.82, 2.24) is 5.16 Å². The molecule has 0 saturated carbocycles. The Morgan fingerprint density at radius 2 is 1.50 bits per heavy atom. The lowest BCUT2D eigenvalue weighted by atomic mass is 10.0. The molecule has 0 atom stereocenters. The molecule has 1 aromatic heterocycles. The van der Waals surface area contributed by atoms with E-state index in [9.17, 15) is 0 Å². The Balaban J connectivity index is 2.08. The van der Waals surface area contributed by atoms with E-state index in [1.165, 1.54) is 0 Å².